The van der Waals surface area contributed by atoms with Crippen LogP contribution in [0.3, 0.4) is 0 Å². The Morgan fingerprint density at radius 1 is 0.881 bits per heavy atom. The zero-order chi connectivity index (χ0) is 30.3. The largest absolute Gasteiger partial charge is 0.481 e. The number of fused-ring (bicyclic) bond motifs is 1. The van der Waals surface area contributed by atoms with Gasteiger partial charge in [0.15, 0.2) is 0 Å². The summed E-state index contributed by atoms with van der Waals surface area (Å²) in [7, 11) is 0. The van der Waals surface area contributed by atoms with E-state index in [9.17, 15) is 24.3 Å². The highest BCUT2D eigenvalue weighted by Gasteiger charge is 2.28. The van der Waals surface area contributed by atoms with Gasteiger partial charge in [0, 0.05) is 42.5 Å². The van der Waals surface area contributed by atoms with Crippen molar-refractivity contribution in [2.75, 3.05) is 13.1 Å². The minimum atomic E-state index is -1.05. The van der Waals surface area contributed by atoms with Gasteiger partial charge < -0.3 is 30.8 Å². The molecule has 10 nitrogen and oxygen atoms in total. The predicted octanol–water partition coefficient (Wildman–Crippen LogP) is 4.55. The Labute approximate surface area is 246 Å². The first-order chi connectivity index (χ1) is 20.2. The number of hydrogen-bond donors (Lipinski definition) is 5. The molecule has 2 atom stereocenters. The molecule has 0 aliphatic carbocycles. The maximum absolute atomic E-state index is 13.2. The van der Waals surface area contributed by atoms with Crippen LogP contribution in [0.2, 0.25) is 0 Å². The molecular formula is C32H42N4O6. The number of aliphatic carboxylic acids is 1. The van der Waals surface area contributed by atoms with E-state index >= 15 is 0 Å². The summed E-state index contributed by atoms with van der Waals surface area (Å²) in [4.78, 5) is 52.9. The molecule has 226 valence electrons. The first-order valence-electron chi connectivity index (χ1n) is 14.5. The Morgan fingerprint density at radius 2 is 1.57 bits per heavy atom. The minimum Gasteiger partial charge on any atom is -0.481 e. The summed E-state index contributed by atoms with van der Waals surface area (Å²) in [6.45, 7) is 4.94. The molecule has 3 amide bonds. The number of carboxylic acids is 1. The molecule has 3 aromatic rings. The van der Waals surface area contributed by atoms with Gasteiger partial charge in [0.25, 0.3) is 0 Å². The lowest BCUT2D eigenvalue weighted by Crippen LogP contribution is -2.50. The molecule has 5 N–H and O–H groups in total. The Balaban J connectivity index is 1.49. The number of carbonyl (C=O) groups is 4. The summed E-state index contributed by atoms with van der Waals surface area (Å²) in [5.74, 6) is -2.41. The van der Waals surface area contributed by atoms with E-state index in [1.165, 1.54) is 0 Å². The maximum Gasteiger partial charge on any atom is 0.407 e. The molecule has 1 unspecified atom stereocenters. The Kier molecular flexibility index (Phi) is 12.9. The number of alkyl carbamates (subject to hydrolysis) is 1. The number of benzene rings is 2. The van der Waals surface area contributed by atoms with Crippen molar-refractivity contribution in [1.29, 1.82) is 0 Å². The van der Waals surface area contributed by atoms with Gasteiger partial charge in [0.2, 0.25) is 11.8 Å². The molecule has 0 fully saturated rings. The van der Waals surface area contributed by atoms with E-state index in [2.05, 4.69) is 20.9 Å². The topological polar surface area (TPSA) is 150 Å². The van der Waals surface area contributed by atoms with Gasteiger partial charge in [0.1, 0.15) is 12.6 Å². The third-order valence-electron chi connectivity index (χ3n) is 6.91. The van der Waals surface area contributed by atoms with E-state index in [1.54, 1.807) is 0 Å². The van der Waals surface area contributed by atoms with E-state index in [1.807, 2.05) is 74.6 Å². The first kappa shape index (κ1) is 32.2. The summed E-state index contributed by atoms with van der Waals surface area (Å²) in [5.41, 5.74) is 2.73. The number of unbranched alkanes of at least 4 members (excludes halogenated alkanes) is 2. The predicted molar refractivity (Wildman–Crippen MR) is 161 cm³/mol. The van der Waals surface area contributed by atoms with Crippen LogP contribution in [-0.2, 0) is 32.1 Å². The zero-order valence-corrected chi connectivity index (χ0v) is 24.4. The standard InChI is InChI=1S/C32H42N4O6/c1-22(2)17-24(19-29(37)38)30(39)36-28(18-25-20-35-27-14-8-7-13-26(25)27)31(40)33-15-9-4-10-16-34-32(41)42-21-23-11-5-3-6-12-23/h3,5-8,11-14,20,22,24,28,35H,4,9-10,15-19,21H2,1-2H3,(H,33,40)(H,34,41)(H,36,39)(H,37,38)/t24?,28-/m0/s1. The second-order valence-corrected chi connectivity index (χ2v) is 10.9. The number of H-pyrrole nitrogens is 1. The smallest absolute Gasteiger partial charge is 0.407 e. The van der Waals surface area contributed by atoms with Crippen molar-refractivity contribution in [1.82, 2.24) is 20.9 Å². The number of carboxylic acid groups (broad SMARTS) is 1. The zero-order valence-electron chi connectivity index (χ0n) is 24.4. The van der Waals surface area contributed by atoms with Gasteiger partial charge in [-0.2, -0.15) is 0 Å². The van der Waals surface area contributed by atoms with Crippen LogP contribution in [0.4, 0.5) is 4.79 Å². The SMILES string of the molecule is CC(C)CC(CC(=O)O)C(=O)N[C@@H](Cc1c[nH]c2ccccc12)C(=O)NCCCCCNC(=O)OCc1ccccc1. The van der Waals surface area contributed by atoms with Crippen molar-refractivity contribution in [2.45, 2.75) is 65.0 Å². The molecule has 42 heavy (non-hydrogen) atoms. The number of aromatic nitrogens is 1. The number of aromatic amines is 1. The Morgan fingerprint density at radius 3 is 2.29 bits per heavy atom. The average Bonchev–Trinajstić information content (AvgIpc) is 3.37. The Bertz CT molecular complexity index is 1310. The molecule has 3 rings (SSSR count). The lowest BCUT2D eigenvalue weighted by atomic mass is 9.92. The van der Waals surface area contributed by atoms with Crippen LogP contribution in [0.5, 0.6) is 0 Å². The van der Waals surface area contributed by atoms with Crippen molar-refractivity contribution in [3.63, 3.8) is 0 Å². The number of amides is 3. The molecule has 10 heteroatoms. The fourth-order valence-electron chi connectivity index (χ4n) is 4.81. The van der Waals surface area contributed by atoms with E-state index in [0.717, 1.165) is 34.9 Å². The highest BCUT2D eigenvalue weighted by Crippen LogP contribution is 2.20. The molecule has 0 radical (unpaired) electrons. The molecule has 2 aromatic carbocycles. The van der Waals surface area contributed by atoms with Gasteiger partial charge in [0.05, 0.1) is 6.42 Å². The number of rotatable bonds is 17. The van der Waals surface area contributed by atoms with Crippen LogP contribution in [0.15, 0.2) is 60.8 Å². The molecule has 1 aromatic heterocycles. The van der Waals surface area contributed by atoms with Crippen LogP contribution in [0.1, 0.15) is 57.1 Å². The van der Waals surface area contributed by atoms with Crippen molar-refractivity contribution < 1.29 is 29.0 Å². The van der Waals surface area contributed by atoms with Gasteiger partial charge in [-0.3, -0.25) is 14.4 Å². The molecular weight excluding hydrogens is 536 g/mol. The van der Waals surface area contributed by atoms with Crippen molar-refractivity contribution in [3.05, 3.63) is 71.9 Å². The quantitative estimate of drug-likeness (QED) is 0.148. The third-order valence-corrected chi connectivity index (χ3v) is 6.91. The van der Waals surface area contributed by atoms with E-state index < -0.39 is 29.9 Å². The number of ether oxygens (including phenoxy) is 1. The summed E-state index contributed by atoms with van der Waals surface area (Å²) >= 11 is 0. The third kappa shape index (κ3) is 10.9. The fourth-order valence-corrected chi connectivity index (χ4v) is 4.81. The fraction of sp³-hybridized carbons (Fsp3) is 0.438. The lowest BCUT2D eigenvalue weighted by Gasteiger charge is -2.23. The monoisotopic (exact) mass is 578 g/mol. The second-order valence-electron chi connectivity index (χ2n) is 10.9. The number of hydrogen-bond acceptors (Lipinski definition) is 5. The van der Waals surface area contributed by atoms with Crippen LogP contribution < -0.4 is 16.0 Å². The summed E-state index contributed by atoms with van der Waals surface area (Å²) in [5, 5.41) is 18.8. The highest BCUT2D eigenvalue weighted by molar-refractivity contribution is 5.91. The van der Waals surface area contributed by atoms with Crippen LogP contribution in [0.25, 0.3) is 10.9 Å². The molecule has 0 saturated heterocycles. The van der Waals surface area contributed by atoms with Crippen molar-refractivity contribution in [3.8, 4) is 0 Å². The van der Waals surface area contributed by atoms with E-state index in [4.69, 9.17) is 4.74 Å². The molecule has 0 aliphatic rings. The van der Waals surface area contributed by atoms with Crippen molar-refractivity contribution in [2.24, 2.45) is 11.8 Å². The van der Waals surface area contributed by atoms with Gasteiger partial charge in [-0.05, 0) is 48.8 Å². The summed E-state index contributed by atoms with van der Waals surface area (Å²) in [6, 6.07) is 16.3. The minimum absolute atomic E-state index is 0.126. The summed E-state index contributed by atoms with van der Waals surface area (Å²) < 4.78 is 5.20. The van der Waals surface area contributed by atoms with Crippen LogP contribution in [0, 0.1) is 11.8 Å². The van der Waals surface area contributed by atoms with E-state index in [-0.39, 0.29) is 31.3 Å². The molecule has 0 bridgehead atoms. The average molecular weight is 579 g/mol. The van der Waals surface area contributed by atoms with Crippen molar-refractivity contribution >= 4 is 34.8 Å². The molecule has 0 saturated carbocycles. The normalized spacial score (nSPS) is 12.5. The maximum atomic E-state index is 13.2. The van der Waals surface area contributed by atoms with Crippen LogP contribution >= 0.6 is 0 Å². The number of carbonyl (C=O) groups excluding carboxylic acids is 3. The molecule has 0 spiro atoms. The second kappa shape index (κ2) is 16.8. The van der Waals surface area contributed by atoms with Gasteiger partial charge in [-0.25, -0.2) is 4.79 Å². The lowest BCUT2D eigenvalue weighted by molar-refractivity contribution is -0.141. The Hall–Kier alpha value is -4.34. The first-order valence-corrected chi connectivity index (χ1v) is 14.5. The van der Waals surface area contributed by atoms with Gasteiger partial charge in [-0.1, -0.05) is 62.4 Å². The number of nitrogens with one attached hydrogen (secondary N) is 4. The van der Waals surface area contributed by atoms with E-state index in [0.29, 0.717) is 25.9 Å². The highest BCUT2D eigenvalue weighted by atomic mass is 16.5. The van der Waals surface area contributed by atoms with Crippen LogP contribution in [-0.4, -0.2) is 53.1 Å². The van der Waals surface area contributed by atoms with Gasteiger partial charge >= 0.3 is 12.1 Å². The summed E-state index contributed by atoms with van der Waals surface area (Å²) in [6.07, 6.45) is 3.92. The molecule has 1 heterocycles. The number of para-hydroxylation sites is 1. The molecule has 0 aliphatic heterocycles. The van der Waals surface area contributed by atoms with Gasteiger partial charge in [-0.15, -0.1) is 0 Å².